The van der Waals surface area contributed by atoms with Gasteiger partial charge in [-0.25, -0.2) is 6.92 Å². The van der Waals surface area contributed by atoms with E-state index in [1.807, 2.05) is 0 Å². The Morgan fingerprint density at radius 3 is 0.941 bits per heavy atom. The van der Waals surface area contributed by atoms with Gasteiger partial charge in [0, 0.05) is 393 Å². The summed E-state index contributed by atoms with van der Waals surface area (Å²) in [6.45, 7) is 27.7. The van der Waals surface area contributed by atoms with Crippen LogP contribution in [0.4, 0.5) is 0 Å². The quantitative estimate of drug-likeness (QED) is 0.266. The van der Waals surface area contributed by atoms with Crippen LogP contribution in [-0.2, 0) is 458 Å². The van der Waals surface area contributed by atoms with Crippen molar-refractivity contribution in [3.05, 3.63) is 126 Å². The van der Waals surface area contributed by atoms with E-state index in [0.717, 1.165) is 0 Å². The predicted octanol–water partition coefficient (Wildman–Crippen LogP) is 4.79. The van der Waals surface area contributed by atoms with E-state index in [2.05, 4.69) is 25.2 Å². The Kier molecular flexibility index (Phi) is 479. The molecule has 0 nitrogen and oxygen atoms in total. The van der Waals surface area contributed by atoms with Crippen molar-refractivity contribution in [2.75, 3.05) is 0 Å². The fourth-order valence-electron chi connectivity index (χ4n) is 0.379. The molecule has 0 aliphatic carbocycles. The van der Waals surface area contributed by atoms with Gasteiger partial charge in [-0.2, -0.15) is 0 Å². The van der Waals surface area contributed by atoms with Gasteiger partial charge in [0.15, 0.2) is 0 Å². The summed E-state index contributed by atoms with van der Waals surface area (Å²) in [5.74, 6) is 0. The Bertz CT molecular complexity index is 350. The van der Waals surface area contributed by atoms with Crippen LogP contribution in [0.1, 0.15) is 0 Å². The molecular weight excluding hydrogens is 1480 g/mol. The third-order valence-corrected chi connectivity index (χ3v) is 0.973. The second kappa shape index (κ2) is 138. The molecule has 0 unspecified atom stereocenters. The Hall–Kier alpha value is 13.0. The van der Waals surface area contributed by atoms with Gasteiger partial charge in [-0.1, -0.05) is 0 Å². The molecule has 0 amide bonds. The summed E-state index contributed by atoms with van der Waals surface area (Å²) in [5.41, 5.74) is 0. The van der Waals surface area contributed by atoms with Crippen molar-refractivity contribution in [2.24, 2.45) is 0 Å². The molecule has 34 heavy (non-hydrogen) atoms. The SMILES string of the molecule is [CH-]=CC=[C-]C=[C-]C=C[CH2-].[CH-]=CC=[CH-].[CH-]=C[C-]=CC=[CH-].[CH3-].[Y+3].[Y+3].[Y].[Y].[Y].[Y].[Y].[Y].[Y].[Y].[Y].[Y].[Y].[Y]. The molecule has 12 radical (unpaired) electrons. The van der Waals surface area contributed by atoms with Crippen LogP contribution in [0.5, 0.6) is 0 Å². The maximum atomic E-state index is 5.02. The van der Waals surface area contributed by atoms with Crippen LogP contribution in [0.2, 0.25) is 0 Å². The first-order valence-electron chi connectivity index (χ1n) is 5.14. The summed E-state index contributed by atoms with van der Waals surface area (Å²) in [4.78, 5) is 0. The smallest absolute Gasteiger partial charge is 0.614 e. The predicted molar refractivity (Wildman–Crippen MR) is 88.7 cm³/mol. The minimum atomic E-state index is 0. The maximum absolute atomic E-state index is 5.02. The fourth-order valence-corrected chi connectivity index (χ4v) is 0.379. The minimum absolute atomic E-state index is 0. The molecule has 0 saturated heterocycles. The molecule has 0 rings (SSSR count). The zero-order chi connectivity index (χ0) is 15.2. The van der Waals surface area contributed by atoms with Crippen LogP contribution >= 0.6 is 0 Å². The van der Waals surface area contributed by atoms with Gasteiger partial charge in [0.05, 0.1) is 0 Å². The van der Waals surface area contributed by atoms with E-state index in [1.165, 1.54) is 36.5 Å². The van der Waals surface area contributed by atoms with Gasteiger partial charge in [0.25, 0.3) is 0 Å². The summed E-state index contributed by atoms with van der Waals surface area (Å²) in [5, 5.41) is 0. The first kappa shape index (κ1) is 118. The third kappa shape index (κ3) is 165. The van der Waals surface area contributed by atoms with E-state index in [4.69, 9.17) is 32.9 Å². The summed E-state index contributed by atoms with van der Waals surface area (Å²) >= 11 is 0. The summed E-state index contributed by atoms with van der Waals surface area (Å²) < 4.78 is 0. The van der Waals surface area contributed by atoms with Gasteiger partial charge >= 0.3 is 65.4 Å². The molecule has 0 aliphatic heterocycles. The molecule has 0 saturated carbocycles. The average molecular weight is 1510 g/mol. The molecule has 0 atom stereocenters. The molecule has 0 heterocycles. The summed E-state index contributed by atoms with van der Waals surface area (Å²) in [7, 11) is 0. The maximum Gasteiger partial charge on any atom is 3.00 e. The standard InChI is InChI=1S/C9H8.C6H5.C4H4.CH3.14Y/c1-3-5-7-9-8-6-4-2;1-3-5-6-4-2;1-3-4-2;;;;;;;;;;;;;;;/h1,3-6,9H,2H2;1-5H;1-4H;1H3;;;;;;;;;;;;;;/q-4;-3;-2;-1;;;;;;;;;;;;;2*+3. The van der Waals surface area contributed by atoms with Gasteiger partial charge in [0.1, 0.15) is 0 Å². The van der Waals surface area contributed by atoms with Crippen LogP contribution in [0.15, 0.2) is 60.8 Å². The normalized spacial score (nSPS) is 5.29. The van der Waals surface area contributed by atoms with Crippen molar-refractivity contribution >= 4 is 0 Å². The molecule has 0 fully saturated rings. The van der Waals surface area contributed by atoms with Crippen molar-refractivity contribution < 1.29 is 458 Å². The zero-order valence-corrected chi connectivity index (χ0v) is 59.7. The molecule has 0 bridgehead atoms. The second-order valence-electron chi connectivity index (χ2n) is 2.32. The van der Waals surface area contributed by atoms with Crippen molar-refractivity contribution in [1.29, 1.82) is 0 Å². The van der Waals surface area contributed by atoms with E-state index < -0.39 is 0 Å². The molecular formula is C20H20Y14-4. The van der Waals surface area contributed by atoms with Crippen LogP contribution < -0.4 is 0 Å². The molecule has 0 spiro atoms. The Morgan fingerprint density at radius 2 is 0.765 bits per heavy atom. The monoisotopic (exact) mass is 1500 g/mol. The van der Waals surface area contributed by atoms with Crippen LogP contribution in [0.3, 0.4) is 0 Å². The van der Waals surface area contributed by atoms with Gasteiger partial charge in [-0.05, 0) is 0 Å². The molecule has 0 aromatic heterocycles. The van der Waals surface area contributed by atoms with E-state index in [0.29, 0.717) is 0 Å². The van der Waals surface area contributed by atoms with E-state index in [-0.39, 0.29) is 465 Å². The van der Waals surface area contributed by atoms with Gasteiger partial charge < -0.3 is 101 Å². The first-order valence-corrected chi connectivity index (χ1v) is 5.14. The summed E-state index contributed by atoms with van der Waals surface area (Å²) in [6, 6.07) is 0. The van der Waals surface area contributed by atoms with Gasteiger partial charge in [-0.3, -0.25) is 18.7 Å². The van der Waals surface area contributed by atoms with Crippen molar-refractivity contribution in [3.8, 4) is 0 Å². The topological polar surface area (TPSA) is 0 Å². The second-order valence-corrected chi connectivity index (χ2v) is 2.32. The zero-order valence-electron chi connectivity index (χ0n) is 20.0. The molecule has 0 aromatic carbocycles. The van der Waals surface area contributed by atoms with Crippen LogP contribution in [0, 0.1) is 65.5 Å². The van der Waals surface area contributed by atoms with Crippen molar-refractivity contribution in [3.63, 3.8) is 0 Å². The van der Waals surface area contributed by atoms with E-state index in [1.54, 1.807) is 24.3 Å². The summed E-state index contributed by atoms with van der Waals surface area (Å²) in [6.07, 6.45) is 22.8. The average Bonchev–Trinajstić information content (AvgIpc) is 2.46. The number of hydrogen-bond acceptors (Lipinski definition) is 0. The van der Waals surface area contributed by atoms with E-state index in [9.17, 15) is 0 Å². The Morgan fingerprint density at radius 1 is 0.471 bits per heavy atom. The van der Waals surface area contributed by atoms with Gasteiger partial charge in [-0.15, -0.1) is 0 Å². The third-order valence-electron chi connectivity index (χ3n) is 0.973. The minimum Gasteiger partial charge on any atom is -0.614 e. The van der Waals surface area contributed by atoms with Gasteiger partial charge in [0.2, 0.25) is 0 Å². The molecule has 146 valence electrons. The molecule has 0 aliphatic rings. The number of hydrogen-bond donors (Lipinski definition) is 0. The molecule has 0 N–H and O–H groups in total. The van der Waals surface area contributed by atoms with Crippen molar-refractivity contribution in [1.82, 2.24) is 0 Å². The number of allylic oxidation sites excluding steroid dienone is 13. The first-order chi connectivity index (χ1) is 9.24. The van der Waals surface area contributed by atoms with Crippen LogP contribution in [0.25, 0.3) is 0 Å². The van der Waals surface area contributed by atoms with E-state index >= 15 is 0 Å². The van der Waals surface area contributed by atoms with Crippen LogP contribution in [-0.4, -0.2) is 0 Å². The Labute approximate surface area is 566 Å². The Balaban J connectivity index is -0.00000000599. The largest absolute Gasteiger partial charge is 3.00 e. The molecule has 0 aromatic rings. The molecule has 14 heteroatoms. The van der Waals surface area contributed by atoms with Crippen molar-refractivity contribution in [2.45, 2.75) is 0 Å². The fraction of sp³-hybridized carbons (Fsp3) is 0. The number of rotatable bonds is 6.